The molecular weight excluding hydrogens is 232 g/mol. The number of aromatic carboxylic acids is 1. The second-order valence-corrected chi connectivity index (χ2v) is 4.57. The summed E-state index contributed by atoms with van der Waals surface area (Å²) in [5.41, 5.74) is 2.49. The minimum atomic E-state index is -0.932. The Morgan fingerprint density at radius 3 is 3.06 bits per heavy atom. The molecule has 0 bridgehead atoms. The van der Waals surface area contributed by atoms with E-state index in [2.05, 4.69) is 4.98 Å². The van der Waals surface area contributed by atoms with Gasteiger partial charge in [0.05, 0.1) is 12.3 Å². The maximum Gasteiger partial charge on any atom is 0.354 e. The highest BCUT2D eigenvalue weighted by molar-refractivity contribution is 5.88. The van der Waals surface area contributed by atoms with Crippen molar-refractivity contribution in [2.45, 2.75) is 19.3 Å². The van der Waals surface area contributed by atoms with Gasteiger partial charge in [0.1, 0.15) is 5.65 Å². The zero-order chi connectivity index (χ0) is 12.7. The fraction of sp³-hybridized carbons (Fsp3) is 0.385. The van der Waals surface area contributed by atoms with Crippen LogP contribution in [0.5, 0.6) is 0 Å². The highest BCUT2D eigenvalue weighted by Crippen LogP contribution is 2.28. The predicted molar refractivity (Wildman–Crippen MR) is 65.1 cm³/mol. The average Bonchev–Trinajstić information content (AvgIpc) is 2.95. The van der Waals surface area contributed by atoms with Gasteiger partial charge in [-0.05, 0) is 25.5 Å². The number of rotatable bonds is 2. The molecule has 1 aliphatic rings. The van der Waals surface area contributed by atoms with E-state index in [1.807, 2.05) is 25.1 Å². The number of hydrogen-bond acceptors (Lipinski definition) is 3. The van der Waals surface area contributed by atoms with Crippen molar-refractivity contribution in [3.63, 3.8) is 0 Å². The van der Waals surface area contributed by atoms with E-state index in [0.29, 0.717) is 24.6 Å². The molecule has 1 N–H and O–H groups in total. The molecule has 0 amide bonds. The molecule has 1 unspecified atom stereocenters. The van der Waals surface area contributed by atoms with Crippen LogP contribution in [-0.4, -0.2) is 33.7 Å². The third kappa shape index (κ3) is 1.59. The van der Waals surface area contributed by atoms with Gasteiger partial charge in [0.2, 0.25) is 0 Å². The quantitative estimate of drug-likeness (QED) is 0.878. The van der Waals surface area contributed by atoms with E-state index in [0.717, 1.165) is 12.1 Å². The van der Waals surface area contributed by atoms with Crippen LogP contribution >= 0.6 is 0 Å². The normalized spacial score (nSPS) is 19.5. The molecule has 3 rings (SSSR count). The number of nitrogens with zero attached hydrogens (tertiary/aromatic N) is 2. The van der Waals surface area contributed by atoms with Gasteiger partial charge in [-0.25, -0.2) is 9.78 Å². The first kappa shape index (κ1) is 11.2. The maximum absolute atomic E-state index is 11.5. The highest BCUT2D eigenvalue weighted by atomic mass is 16.5. The summed E-state index contributed by atoms with van der Waals surface area (Å²) in [5.74, 6) is -0.839. The van der Waals surface area contributed by atoms with Gasteiger partial charge in [-0.1, -0.05) is 6.07 Å². The number of fused-ring (bicyclic) bond motifs is 1. The topological polar surface area (TPSA) is 63.8 Å². The summed E-state index contributed by atoms with van der Waals surface area (Å²) < 4.78 is 7.03. The van der Waals surface area contributed by atoms with E-state index < -0.39 is 5.97 Å². The Morgan fingerprint density at radius 2 is 2.39 bits per heavy atom. The zero-order valence-electron chi connectivity index (χ0n) is 10.1. The van der Waals surface area contributed by atoms with E-state index in [-0.39, 0.29) is 11.6 Å². The summed E-state index contributed by atoms with van der Waals surface area (Å²) in [6, 6.07) is 5.60. The van der Waals surface area contributed by atoms with Crippen LogP contribution in [0.2, 0.25) is 0 Å². The SMILES string of the molecule is Cc1cccc2nc(C3CCOC3)c(C(=O)O)n12. The number of carboxylic acid groups (broad SMARTS) is 1. The minimum absolute atomic E-state index is 0.0930. The number of carbonyl (C=O) groups is 1. The van der Waals surface area contributed by atoms with E-state index in [1.165, 1.54) is 0 Å². The molecule has 0 spiro atoms. The number of aromatic nitrogens is 2. The van der Waals surface area contributed by atoms with E-state index in [4.69, 9.17) is 4.74 Å². The standard InChI is InChI=1S/C13H14N2O3/c1-8-3-2-4-10-14-11(9-5-6-18-7-9)12(13(16)17)15(8)10/h2-4,9H,5-7H2,1H3,(H,16,17). The minimum Gasteiger partial charge on any atom is -0.477 e. The van der Waals surface area contributed by atoms with Crippen LogP contribution in [-0.2, 0) is 4.74 Å². The van der Waals surface area contributed by atoms with Crippen molar-refractivity contribution in [1.82, 2.24) is 9.38 Å². The Bertz CT molecular complexity index is 612. The lowest BCUT2D eigenvalue weighted by Gasteiger charge is -2.06. The second kappa shape index (κ2) is 4.10. The number of imidazole rings is 1. The predicted octanol–water partition coefficient (Wildman–Crippen LogP) is 1.84. The van der Waals surface area contributed by atoms with E-state index in [1.54, 1.807) is 4.40 Å². The fourth-order valence-electron chi connectivity index (χ4n) is 2.51. The molecule has 3 heterocycles. The molecule has 2 aromatic rings. The molecule has 5 nitrogen and oxygen atoms in total. The van der Waals surface area contributed by atoms with Gasteiger partial charge in [0, 0.05) is 18.2 Å². The molecule has 1 fully saturated rings. The molecule has 5 heteroatoms. The summed E-state index contributed by atoms with van der Waals surface area (Å²) in [6.45, 7) is 3.12. The van der Waals surface area contributed by atoms with Crippen molar-refractivity contribution in [3.05, 3.63) is 35.3 Å². The zero-order valence-corrected chi connectivity index (χ0v) is 10.1. The molecule has 18 heavy (non-hydrogen) atoms. The summed E-state index contributed by atoms with van der Waals surface area (Å²) in [4.78, 5) is 16.0. The van der Waals surface area contributed by atoms with E-state index >= 15 is 0 Å². The fourth-order valence-corrected chi connectivity index (χ4v) is 2.51. The third-order valence-electron chi connectivity index (χ3n) is 3.38. The highest BCUT2D eigenvalue weighted by Gasteiger charge is 2.28. The first-order valence-electron chi connectivity index (χ1n) is 5.97. The molecule has 0 aromatic carbocycles. The third-order valence-corrected chi connectivity index (χ3v) is 3.38. The Kier molecular flexibility index (Phi) is 2.56. The monoisotopic (exact) mass is 246 g/mol. The summed E-state index contributed by atoms with van der Waals surface area (Å²) >= 11 is 0. The number of ether oxygens (including phenoxy) is 1. The largest absolute Gasteiger partial charge is 0.477 e. The molecule has 1 aliphatic heterocycles. The number of aryl methyl sites for hydroxylation is 1. The lowest BCUT2D eigenvalue weighted by atomic mass is 10.0. The molecule has 94 valence electrons. The Hall–Kier alpha value is -1.88. The smallest absolute Gasteiger partial charge is 0.354 e. The van der Waals surface area contributed by atoms with Crippen molar-refractivity contribution in [1.29, 1.82) is 0 Å². The number of carboxylic acids is 1. The van der Waals surface area contributed by atoms with Crippen LogP contribution in [0.1, 0.15) is 34.2 Å². The first-order valence-corrected chi connectivity index (χ1v) is 5.97. The van der Waals surface area contributed by atoms with Gasteiger partial charge in [-0.3, -0.25) is 4.40 Å². The summed E-state index contributed by atoms with van der Waals surface area (Å²) in [5, 5.41) is 9.44. The number of hydrogen-bond donors (Lipinski definition) is 1. The molecule has 0 aliphatic carbocycles. The lowest BCUT2D eigenvalue weighted by molar-refractivity contribution is 0.0687. The van der Waals surface area contributed by atoms with Crippen molar-refractivity contribution in [3.8, 4) is 0 Å². The van der Waals surface area contributed by atoms with Crippen LogP contribution in [0.15, 0.2) is 18.2 Å². The van der Waals surface area contributed by atoms with Crippen LogP contribution in [0, 0.1) is 6.92 Å². The van der Waals surface area contributed by atoms with Crippen molar-refractivity contribution in [2.75, 3.05) is 13.2 Å². The van der Waals surface area contributed by atoms with Gasteiger partial charge in [0.15, 0.2) is 5.69 Å². The van der Waals surface area contributed by atoms with Crippen LogP contribution in [0.3, 0.4) is 0 Å². The molecule has 1 atom stereocenters. The van der Waals surface area contributed by atoms with Crippen molar-refractivity contribution >= 4 is 11.6 Å². The van der Waals surface area contributed by atoms with Crippen LogP contribution < -0.4 is 0 Å². The van der Waals surface area contributed by atoms with Gasteiger partial charge < -0.3 is 9.84 Å². The molecule has 2 aromatic heterocycles. The van der Waals surface area contributed by atoms with Gasteiger partial charge in [-0.15, -0.1) is 0 Å². The van der Waals surface area contributed by atoms with Gasteiger partial charge in [0.25, 0.3) is 0 Å². The Morgan fingerprint density at radius 1 is 1.56 bits per heavy atom. The second-order valence-electron chi connectivity index (χ2n) is 4.57. The van der Waals surface area contributed by atoms with Crippen molar-refractivity contribution in [2.24, 2.45) is 0 Å². The van der Waals surface area contributed by atoms with Crippen LogP contribution in [0.25, 0.3) is 5.65 Å². The molecule has 1 saturated heterocycles. The molecule has 0 saturated carbocycles. The van der Waals surface area contributed by atoms with Crippen LogP contribution in [0.4, 0.5) is 0 Å². The van der Waals surface area contributed by atoms with Crippen molar-refractivity contribution < 1.29 is 14.6 Å². The van der Waals surface area contributed by atoms with Gasteiger partial charge >= 0.3 is 5.97 Å². The maximum atomic E-state index is 11.5. The average molecular weight is 246 g/mol. The first-order chi connectivity index (χ1) is 8.68. The summed E-state index contributed by atoms with van der Waals surface area (Å²) in [7, 11) is 0. The van der Waals surface area contributed by atoms with Gasteiger partial charge in [-0.2, -0.15) is 0 Å². The molecular formula is C13H14N2O3. The lowest BCUT2D eigenvalue weighted by Crippen LogP contribution is -2.10. The Labute approximate surface area is 104 Å². The Balaban J connectivity index is 2.27. The molecule has 0 radical (unpaired) electrons. The van der Waals surface area contributed by atoms with E-state index in [9.17, 15) is 9.90 Å². The summed E-state index contributed by atoms with van der Waals surface area (Å²) in [6.07, 6.45) is 0.837. The number of pyridine rings is 1.